The van der Waals surface area contributed by atoms with Gasteiger partial charge < -0.3 is 4.74 Å². The zero-order valence-electron chi connectivity index (χ0n) is 9.44. The molecule has 1 atom stereocenters. The molecule has 0 saturated carbocycles. The molecule has 1 nitrogen and oxygen atoms in total. The van der Waals surface area contributed by atoms with Crippen LogP contribution >= 0.6 is 11.6 Å². The molecular formula is C15H10ClFO. The average Bonchev–Trinajstić information content (AvgIpc) is 2.38. The lowest BCUT2D eigenvalue weighted by molar-refractivity contribution is 0.246. The molecule has 1 heterocycles. The van der Waals surface area contributed by atoms with Crippen molar-refractivity contribution in [3.63, 3.8) is 0 Å². The number of ether oxygens (including phenoxy) is 1. The normalized spacial score (nSPS) is 17.1. The molecule has 90 valence electrons. The summed E-state index contributed by atoms with van der Waals surface area (Å²) in [5, 5.41) is 0.386. The van der Waals surface area contributed by atoms with Gasteiger partial charge in [0.1, 0.15) is 17.7 Å². The van der Waals surface area contributed by atoms with E-state index in [0.29, 0.717) is 10.6 Å². The summed E-state index contributed by atoms with van der Waals surface area (Å²) in [4.78, 5) is 0. The van der Waals surface area contributed by atoms with Crippen LogP contribution in [0.3, 0.4) is 0 Å². The van der Waals surface area contributed by atoms with E-state index in [-0.39, 0.29) is 5.82 Å². The minimum atomic E-state index is -0.405. The molecule has 0 saturated heterocycles. The van der Waals surface area contributed by atoms with Crippen LogP contribution in [0.15, 0.2) is 48.5 Å². The highest BCUT2D eigenvalue weighted by atomic mass is 35.5. The third-order valence-corrected chi connectivity index (χ3v) is 3.13. The Kier molecular flexibility index (Phi) is 2.80. The lowest BCUT2D eigenvalue weighted by Gasteiger charge is -2.22. The van der Waals surface area contributed by atoms with Gasteiger partial charge in [-0.3, -0.25) is 0 Å². The van der Waals surface area contributed by atoms with Crippen molar-refractivity contribution < 1.29 is 9.13 Å². The second-order valence-corrected chi connectivity index (χ2v) is 4.54. The van der Waals surface area contributed by atoms with E-state index in [2.05, 4.69) is 0 Å². The Morgan fingerprint density at radius 2 is 1.94 bits per heavy atom. The second kappa shape index (κ2) is 4.46. The van der Waals surface area contributed by atoms with Crippen molar-refractivity contribution in [2.24, 2.45) is 0 Å². The Bertz CT molecular complexity index is 622. The van der Waals surface area contributed by atoms with Crippen LogP contribution in [-0.4, -0.2) is 0 Å². The summed E-state index contributed by atoms with van der Waals surface area (Å²) in [5.41, 5.74) is 1.49. The van der Waals surface area contributed by atoms with E-state index in [1.54, 1.807) is 12.1 Å². The summed E-state index contributed by atoms with van der Waals surface area (Å²) in [6.07, 6.45) is 3.38. The van der Waals surface area contributed by atoms with Gasteiger partial charge in [0.15, 0.2) is 0 Å². The molecular weight excluding hydrogens is 251 g/mol. The van der Waals surface area contributed by atoms with Gasteiger partial charge in [-0.15, -0.1) is 0 Å². The minimum Gasteiger partial charge on any atom is -0.481 e. The highest BCUT2D eigenvalue weighted by molar-refractivity contribution is 6.30. The Morgan fingerprint density at radius 1 is 1.11 bits per heavy atom. The van der Waals surface area contributed by atoms with Gasteiger partial charge in [-0.05, 0) is 24.3 Å². The molecule has 1 aliphatic heterocycles. The van der Waals surface area contributed by atoms with Gasteiger partial charge in [0.25, 0.3) is 0 Å². The van der Waals surface area contributed by atoms with Crippen LogP contribution in [0.1, 0.15) is 17.2 Å². The lowest BCUT2D eigenvalue weighted by atomic mass is 10.0. The summed E-state index contributed by atoms with van der Waals surface area (Å²) < 4.78 is 19.6. The molecule has 2 aromatic carbocycles. The molecule has 0 amide bonds. The summed E-state index contributed by atoms with van der Waals surface area (Å²) in [5.74, 6) is 0.413. The first kappa shape index (κ1) is 11.3. The third kappa shape index (κ3) is 2.00. The molecule has 0 radical (unpaired) electrons. The van der Waals surface area contributed by atoms with Gasteiger partial charge in [0, 0.05) is 16.1 Å². The SMILES string of the molecule is Fc1cc(Cl)ccc1[C@H]1C=Cc2ccccc2O1. The molecule has 0 N–H and O–H groups in total. The Hall–Kier alpha value is -1.80. The van der Waals surface area contributed by atoms with Crippen molar-refractivity contribution in [3.05, 3.63) is 70.5 Å². The Labute approximate surface area is 109 Å². The fraction of sp³-hybridized carbons (Fsp3) is 0.0667. The predicted molar refractivity (Wildman–Crippen MR) is 70.3 cm³/mol. The first-order valence-electron chi connectivity index (χ1n) is 5.63. The summed E-state index contributed by atoms with van der Waals surface area (Å²) in [6.45, 7) is 0. The second-order valence-electron chi connectivity index (χ2n) is 4.10. The van der Waals surface area contributed by atoms with Crippen LogP contribution in [0.4, 0.5) is 4.39 Å². The van der Waals surface area contributed by atoms with E-state index in [1.807, 2.05) is 36.4 Å². The lowest BCUT2D eigenvalue weighted by Crippen LogP contribution is -2.10. The third-order valence-electron chi connectivity index (χ3n) is 2.89. The van der Waals surface area contributed by atoms with Gasteiger partial charge >= 0.3 is 0 Å². The highest BCUT2D eigenvalue weighted by Gasteiger charge is 2.19. The van der Waals surface area contributed by atoms with E-state index in [0.717, 1.165) is 11.3 Å². The van der Waals surface area contributed by atoms with Gasteiger partial charge in [-0.1, -0.05) is 41.9 Å². The molecule has 3 heteroatoms. The number of hydrogen-bond donors (Lipinski definition) is 0. The molecule has 0 fully saturated rings. The monoisotopic (exact) mass is 260 g/mol. The van der Waals surface area contributed by atoms with Gasteiger partial charge in [0.2, 0.25) is 0 Å². The molecule has 2 aromatic rings. The topological polar surface area (TPSA) is 9.23 Å². The fourth-order valence-electron chi connectivity index (χ4n) is 1.99. The molecule has 0 aliphatic carbocycles. The minimum absolute atomic E-state index is 0.350. The van der Waals surface area contributed by atoms with Crippen molar-refractivity contribution in [1.82, 2.24) is 0 Å². The van der Waals surface area contributed by atoms with Crippen molar-refractivity contribution in [2.45, 2.75) is 6.10 Å². The molecule has 1 aliphatic rings. The molecule has 3 rings (SSSR count). The Balaban J connectivity index is 1.97. The number of para-hydroxylation sites is 1. The molecule has 0 aromatic heterocycles. The van der Waals surface area contributed by atoms with E-state index in [9.17, 15) is 4.39 Å². The maximum atomic E-state index is 13.8. The summed E-state index contributed by atoms with van der Waals surface area (Å²) in [7, 11) is 0. The van der Waals surface area contributed by atoms with Crippen molar-refractivity contribution in [1.29, 1.82) is 0 Å². The van der Waals surface area contributed by atoms with E-state index < -0.39 is 6.10 Å². The zero-order valence-corrected chi connectivity index (χ0v) is 10.2. The van der Waals surface area contributed by atoms with E-state index >= 15 is 0 Å². The number of hydrogen-bond acceptors (Lipinski definition) is 1. The maximum absolute atomic E-state index is 13.8. The quantitative estimate of drug-likeness (QED) is 0.727. The van der Waals surface area contributed by atoms with Crippen LogP contribution in [0.5, 0.6) is 5.75 Å². The smallest absolute Gasteiger partial charge is 0.145 e. The maximum Gasteiger partial charge on any atom is 0.145 e. The number of halogens is 2. The standard InChI is InChI=1S/C15H10ClFO/c16-11-6-7-12(13(17)9-11)15-8-5-10-3-1-2-4-14(10)18-15/h1-9,15H/t15-/m1/s1. The summed E-state index contributed by atoms with van der Waals surface area (Å²) >= 11 is 5.74. The van der Waals surface area contributed by atoms with Crippen LogP contribution < -0.4 is 4.74 Å². The first-order chi connectivity index (χ1) is 8.74. The van der Waals surface area contributed by atoms with Crippen LogP contribution in [0.2, 0.25) is 5.02 Å². The van der Waals surface area contributed by atoms with Crippen LogP contribution in [0.25, 0.3) is 6.08 Å². The molecule has 0 spiro atoms. The van der Waals surface area contributed by atoms with Crippen molar-refractivity contribution >= 4 is 17.7 Å². The molecule has 0 unspecified atom stereocenters. The highest BCUT2D eigenvalue weighted by Crippen LogP contribution is 2.33. The van der Waals surface area contributed by atoms with Crippen LogP contribution in [-0.2, 0) is 0 Å². The van der Waals surface area contributed by atoms with Crippen molar-refractivity contribution in [3.8, 4) is 5.75 Å². The molecule has 0 bridgehead atoms. The average molecular weight is 261 g/mol. The van der Waals surface area contributed by atoms with Gasteiger partial charge in [-0.2, -0.15) is 0 Å². The van der Waals surface area contributed by atoms with Crippen LogP contribution in [0, 0.1) is 5.82 Å². The number of rotatable bonds is 1. The molecule has 18 heavy (non-hydrogen) atoms. The summed E-state index contributed by atoms with van der Waals surface area (Å²) in [6, 6.07) is 12.3. The Morgan fingerprint density at radius 3 is 2.78 bits per heavy atom. The number of benzene rings is 2. The first-order valence-corrected chi connectivity index (χ1v) is 6.01. The van der Waals surface area contributed by atoms with Gasteiger partial charge in [0.05, 0.1) is 0 Å². The van der Waals surface area contributed by atoms with E-state index in [4.69, 9.17) is 16.3 Å². The largest absolute Gasteiger partial charge is 0.481 e. The van der Waals surface area contributed by atoms with Crippen molar-refractivity contribution in [2.75, 3.05) is 0 Å². The van der Waals surface area contributed by atoms with Gasteiger partial charge in [-0.25, -0.2) is 4.39 Å². The zero-order chi connectivity index (χ0) is 12.5. The predicted octanol–water partition coefficient (Wildman–Crippen LogP) is 4.63. The fourth-order valence-corrected chi connectivity index (χ4v) is 2.15. The number of fused-ring (bicyclic) bond motifs is 1. The van der Waals surface area contributed by atoms with E-state index in [1.165, 1.54) is 6.07 Å².